The summed E-state index contributed by atoms with van der Waals surface area (Å²) in [4.78, 5) is 15.7. The highest BCUT2D eigenvalue weighted by Gasteiger charge is 2.58. The standard InChI is InChI=1S/C12H12ClN3O4S2/c13-9-10(16-3-4-21-12(16)14-9)22(19,20)15-2-1-6-7(5-15)8(6)11(17)18/h3-4,6-8H,1-2,5H2,(H,17,18). The quantitative estimate of drug-likeness (QED) is 0.891. The van der Waals surface area contributed by atoms with Gasteiger partial charge >= 0.3 is 5.97 Å². The number of fused-ring (bicyclic) bond motifs is 2. The fraction of sp³-hybridized carbons (Fsp3) is 0.500. The maximum atomic E-state index is 12.9. The molecule has 118 valence electrons. The SMILES string of the molecule is O=C(O)C1C2CCN(S(=O)(=O)c3c(Cl)nc4sccn34)CC21. The Morgan fingerprint density at radius 2 is 2.23 bits per heavy atom. The van der Waals surface area contributed by atoms with Crippen LogP contribution in [0, 0.1) is 17.8 Å². The van der Waals surface area contributed by atoms with Crippen LogP contribution in [-0.2, 0) is 14.8 Å². The monoisotopic (exact) mass is 361 g/mol. The second-order valence-electron chi connectivity index (χ2n) is 5.61. The molecule has 10 heteroatoms. The fourth-order valence-electron chi connectivity index (χ4n) is 3.38. The number of thiazole rings is 1. The van der Waals surface area contributed by atoms with E-state index in [0.717, 1.165) is 0 Å². The van der Waals surface area contributed by atoms with E-state index in [1.165, 1.54) is 20.0 Å². The highest BCUT2D eigenvalue weighted by molar-refractivity contribution is 7.89. The Morgan fingerprint density at radius 1 is 1.45 bits per heavy atom. The van der Waals surface area contributed by atoms with Gasteiger partial charge in [-0.05, 0) is 18.3 Å². The predicted octanol–water partition coefficient (Wildman–Crippen LogP) is 1.39. The Balaban J connectivity index is 1.69. The third-order valence-electron chi connectivity index (χ3n) is 4.51. The van der Waals surface area contributed by atoms with Crippen molar-refractivity contribution in [1.29, 1.82) is 0 Å². The molecule has 0 bridgehead atoms. The Morgan fingerprint density at radius 3 is 2.95 bits per heavy atom. The van der Waals surface area contributed by atoms with Gasteiger partial charge in [-0.15, -0.1) is 11.3 Å². The van der Waals surface area contributed by atoms with Crippen LogP contribution in [0.2, 0.25) is 5.15 Å². The Hall–Kier alpha value is -1.16. The number of piperidine rings is 1. The summed E-state index contributed by atoms with van der Waals surface area (Å²) in [6.45, 7) is 0.554. The highest BCUT2D eigenvalue weighted by atomic mass is 35.5. The molecule has 4 rings (SSSR count). The largest absolute Gasteiger partial charge is 0.481 e. The molecule has 1 N–H and O–H groups in total. The van der Waals surface area contributed by atoms with Gasteiger partial charge < -0.3 is 5.11 Å². The van der Waals surface area contributed by atoms with Crippen LogP contribution < -0.4 is 0 Å². The molecule has 1 saturated carbocycles. The number of hydrogen-bond donors (Lipinski definition) is 1. The van der Waals surface area contributed by atoms with Crippen LogP contribution in [0.15, 0.2) is 16.6 Å². The zero-order chi connectivity index (χ0) is 15.6. The lowest BCUT2D eigenvalue weighted by molar-refractivity contribution is -0.139. The predicted molar refractivity (Wildman–Crippen MR) is 79.6 cm³/mol. The van der Waals surface area contributed by atoms with Gasteiger partial charge in [0.15, 0.2) is 15.1 Å². The van der Waals surface area contributed by atoms with Crippen molar-refractivity contribution in [1.82, 2.24) is 13.7 Å². The molecule has 1 aliphatic carbocycles. The second-order valence-corrected chi connectivity index (χ2v) is 8.69. The van der Waals surface area contributed by atoms with Crippen molar-refractivity contribution in [2.75, 3.05) is 13.1 Å². The van der Waals surface area contributed by atoms with Gasteiger partial charge in [0.05, 0.1) is 5.92 Å². The van der Waals surface area contributed by atoms with E-state index in [1.54, 1.807) is 11.6 Å². The maximum Gasteiger partial charge on any atom is 0.307 e. The first-order valence-electron chi connectivity index (χ1n) is 6.75. The number of nitrogens with zero attached hydrogens (tertiary/aromatic N) is 3. The van der Waals surface area contributed by atoms with E-state index in [4.69, 9.17) is 16.7 Å². The highest BCUT2D eigenvalue weighted by Crippen LogP contribution is 2.52. The van der Waals surface area contributed by atoms with Crippen LogP contribution in [0.4, 0.5) is 0 Å². The summed E-state index contributed by atoms with van der Waals surface area (Å²) in [5, 5.41) is 10.8. The summed E-state index contributed by atoms with van der Waals surface area (Å²) in [6.07, 6.45) is 2.19. The van der Waals surface area contributed by atoms with Crippen molar-refractivity contribution in [3.05, 3.63) is 16.7 Å². The zero-order valence-electron chi connectivity index (χ0n) is 11.2. The van der Waals surface area contributed by atoms with E-state index in [1.807, 2.05) is 0 Å². The van der Waals surface area contributed by atoms with Crippen molar-refractivity contribution >= 4 is 43.9 Å². The van der Waals surface area contributed by atoms with E-state index >= 15 is 0 Å². The molecule has 2 aromatic rings. The number of aromatic nitrogens is 2. The average molecular weight is 362 g/mol. The molecule has 0 spiro atoms. The van der Waals surface area contributed by atoms with Crippen molar-refractivity contribution in [3.63, 3.8) is 0 Å². The van der Waals surface area contributed by atoms with E-state index in [0.29, 0.717) is 17.9 Å². The number of carboxylic acid groups (broad SMARTS) is 1. The van der Waals surface area contributed by atoms with Gasteiger partial charge in [-0.2, -0.15) is 4.31 Å². The molecule has 1 aliphatic heterocycles. The first-order valence-corrected chi connectivity index (χ1v) is 9.45. The molecule has 2 aliphatic rings. The molecular formula is C12H12ClN3O4S2. The van der Waals surface area contributed by atoms with Gasteiger partial charge in [0, 0.05) is 24.7 Å². The van der Waals surface area contributed by atoms with E-state index in [-0.39, 0.29) is 28.6 Å². The smallest absolute Gasteiger partial charge is 0.307 e. The number of imidazole rings is 1. The first kappa shape index (κ1) is 14.4. The Bertz CT molecular complexity index is 874. The van der Waals surface area contributed by atoms with Gasteiger partial charge in [-0.25, -0.2) is 13.4 Å². The molecule has 7 nitrogen and oxygen atoms in total. The average Bonchev–Trinajstić information content (AvgIpc) is 2.86. The van der Waals surface area contributed by atoms with Gasteiger partial charge in [0.2, 0.25) is 0 Å². The van der Waals surface area contributed by atoms with Crippen LogP contribution in [-0.4, -0.2) is 46.3 Å². The second kappa shape index (κ2) is 4.67. The molecular weight excluding hydrogens is 350 g/mol. The Labute approximate surface area is 135 Å². The van der Waals surface area contributed by atoms with Gasteiger partial charge in [-0.3, -0.25) is 9.20 Å². The summed E-state index contributed by atoms with van der Waals surface area (Å²) in [6, 6.07) is 0. The number of carbonyl (C=O) groups is 1. The van der Waals surface area contributed by atoms with E-state index in [9.17, 15) is 13.2 Å². The third kappa shape index (κ3) is 1.92. The zero-order valence-corrected chi connectivity index (χ0v) is 13.6. The van der Waals surface area contributed by atoms with Crippen LogP contribution in [0.3, 0.4) is 0 Å². The Kier molecular flexibility index (Phi) is 3.06. The normalized spacial score (nSPS) is 28.7. The molecule has 3 unspecified atom stereocenters. The summed E-state index contributed by atoms with van der Waals surface area (Å²) in [7, 11) is -3.79. The molecule has 3 heterocycles. The minimum absolute atomic E-state index is 0.0311. The molecule has 1 saturated heterocycles. The maximum absolute atomic E-state index is 12.9. The van der Waals surface area contributed by atoms with Gasteiger partial charge in [0.25, 0.3) is 10.0 Å². The first-order chi connectivity index (χ1) is 10.4. The number of sulfonamides is 1. The lowest BCUT2D eigenvalue weighted by Gasteiger charge is -2.24. The summed E-state index contributed by atoms with van der Waals surface area (Å²) < 4.78 is 28.5. The van der Waals surface area contributed by atoms with Crippen molar-refractivity contribution < 1.29 is 18.3 Å². The lowest BCUT2D eigenvalue weighted by atomic mass is 10.2. The number of halogens is 1. The van der Waals surface area contributed by atoms with Crippen LogP contribution >= 0.6 is 22.9 Å². The number of carboxylic acids is 1. The minimum Gasteiger partial charge on any atom is -0.481 e. The summed E-state index contributed by atoms with van der Waals surface area (Å²) >= 11 is 7.32. The topological polar surface area (TPSA) is 92.0 Å². The third-order valence-corrected chi connectivity index (χ3v) is 7.53. The molecule has 2 fully saturated rings. The fourth-order valence-corrected chi connectivity index (χ4v) is 6.28. The van der Waals surface area contributed by atoms with Crippen LogP contribution in [0.5, 0.6) is 0 Å². The molecule has 2 aromatic heterocycles. The summed E-state index contributed by atoms with van der Waals surface area (Å²) in [5.74, 6) is -1.24. The molecule has 0 amide bonds. The van der Waals surface area contributed by atoms with Crippen molar-refractivity contribution in [2.45, 2.75) is 11.4 Å². The minimum atomic E-state index is -3.79. The van der Waals surface area contributed by atoms with Crippen LogP contribution in [0.25, 0.3) is 4.96 Å². The van der Waals surface area contributed by atoms with Crippen molar-refractivity contribution in [3.8, 4) is 0 Å². The van der Waals surface area contributed by atoms with E-state index in [2.05, 4.69) is 4.98 Å². The molecule has 0 radical (unpaired) electrons. The molecule has 22 heavy (non-hydrogen) atoms. The number of rotatable bonds is 3. The molecule has 0 aromatic carbocycles. The van der Waals surface area contributed by atoms with Crippen molar-refractivity contribution in [2.24, 2.45) is 17.8 Å². The lowest BCUT2D eigenvalue weighted by Crippen LogP contribution is -2.37. The van der Waals surface area contributed by atoms with Gasteiger partial charge in [-0.1, -0.05) is 11.6 Å². The number of aliphatic carboxylic acids is 1. The van der Waals surface area contributed by atoms with Crippen LogP contribution in [0.1, 0.15) is 6.42 Å². The van der Waals surface area contributed by atoms with E-state index < -0.39 is 21.9 Å². The summed E-state index contributed by atoms with van der Waals surface area (Å²) in [5.41, 5.74) is 0. The molecule has 3 atom stereocenters. The number of hydrogen-bond acceptors (Lipinski definition) is 5. The van der Waals surface area contributed by atoms with Gasteiger partial charge in [0.1, 0.15) is 0 Å².